The van der Waals surface area contributed by atoms with E-state index in [-0.39, 0.29) is 5.75 Å². The first kappa shape index (κ1) is 10.4. The lowest BCUT2D eigenvalue weighted by molar-refractivity contribution is 0.373. The van der Waals surface area contributed by atoms with Crippen LogP contribution in [0, 0.1) is 0 Å². The lowest BCUT2D eigenvalue weighted by Crippen LogP contribution is -1.87. The summed E-state index contributed by atoms with van der Waals surface area (Å²) in [7, 11) is 1.53. The Hall–Kier alpha value is -1.70. The van der Waals surface area contributed by atoms with Crippen molar-refractivity contribution in [3.05, 3.63) is 35.9 Å². The number of methoxy groups -OCH3 is 1. The molecule has 1 aromatic rings. The van der Waals surface area contributed by atoms with E-state index in [1.165, 1.54) is 7.11 Å². The highest BCUT2D eigenvalue weighted by molar-refractivity contribution is 5.66. The predicted molar refractivity (Wildman–Crippen MR) is 59.5 cm³/mol. The van der Waals surface area contributed by atoms with Crippen LogP contribution in [0.5, 0.6) is 11.5 Å². The van der Waals surface area contributed by atoms with Crippen molar-refractivity contribution in [2.75, 3.05) is 7.11 Å². The number of rotatable bonds is 3. The van der Waals surface area contributed by atoms with Gasteiger partial charge in [-0.3, -0.25) is 0 Å². The van der Waals surface area contributed by atoms with Gasteiger partial charge < -0.3 is 9.84 Å². The molecule has 1 rings (SSSR count). The summed E-state index contributed by atoms with van der Waals surface area (Å²) < 4.78 is 5.04. The highest BCUT2D eigenvalue weighted by Gasteiger charge is 2.06. The Bertz CT molecular complexity index is 365. The van der Waals surface area contributed by atoms with Gasteiger partial charge in [0.2, 0.25) is 0 Å². The molecule has 0 aliphatic carbocycles. The Morgan fingerprint density at radius 2 is 2.14 bits per heavy atom. The third-order valence-corrected chi connectivity index (χ3v) is 1.93. The normalized spacial score (nSPS) is 10.4. The summed E-state index contributed by atoms with van der Waals surface area (Å²) in [6, 6.07) is 3.63. The fourth-order valence-corrected chi connectivity index (χ4v) is 1.25. The van der Waals surface area contributed by atoms with Crippen LogP contribution in [-0.4, -0.2) is 12.2 Å². The van der Waals surface area contributed by atoms with Crippen molar-refractivity contribution in [1.82, 2.24) is 0 Å². The van der Waals surface area contributed by atoms with E-state index in [9.17, 15) is 5.11 Å². The molecule has 0 amide bonds. The highest BCUT2D eigenvalue weighted by Crippen LogP contribution is 2.32. The number of benzene rings is 1. The zero-order chi connectivity index (χ0) is 10.6. The summed E-state index contributed by atoms with van der Waals surface area (Å²) >= 11 is 0. The SMILES string of the molecule is C=Cc1cc(/C=C/C)cc(OC)c1O. The van der Waals surface area contributed by atoms with Crippen molar-refractivity contribution in [1.29, 1.82) is 0 Å². The first-order valence-electron chi connectivity index (χ1n) is 4.39. The van der Waals surface area contributed by atoms with Gasteiger partial charge in [-0.15, -0.1) is 0 Å². The monoisotopic (exact) mass is 190 g/mol. The van der Waals surface area contributed by atoms with E-state index >= 15 is 0 Å². The van der Waals surface area contributed by atoms with Gasteiger partial charge >= 0.3 is 0 Å². The van der Waals surface area contributed by atoms with E-state index in [0.29, 0.717) is 11.3 Å². The molecule has 0 fully saturated rings. The van der Waals surface area contributed by atoms with Crippen LogP contribution in [0.2, 0.25) is 0 Å². The number of hydrogen-bond acceptors (Lipinski definition) is 2. The number of hydrogen-bond donors (Lipinski definition) is 1. The van der Waals surface area contributed by atoms with Gasteiger partial charge in [-0.1, -0.05) is 24.8 Å². The van der Waals surface area contributed by atoms with Gasteiger partial charge in [-0.2, -0.15) is 0 Å². The fraction of sp³-hybridized carbons (Fsp3) is 0.167. The molecular weight excluding hydrogens is 176 g/mol. The third kappa shape index (κ3) is 1.96. The average molecular weight is 190 g/mol. The smallest absolute Gasteiger partial charge is 0.165 e. The maximum atomic E-state index is 9.66. The van der Waals surface area contributed by atoms with E-state index in [2.05, 4.69) is 6.58 Å². The van der Waals surface area contributed by atoms with Crippen LogP contribution in [0.25, 0.3) is 12.2 Å². The molecule has 0 saturated carbocycles. The zero-order valence-corrected chi connectivity index (χ0v) is 8.45. The van der Waals surface area contributed by atoms with Crippen LogP contribution in [0.3, 0.4) is 0 Å². The molecule has 0 saturated heterocycles. The third-order valence-electron chi connectivity index (χ3n) is 1.93. The summed E-state index contributed by atoms with van der Waals surface area (Å²) in [5.41, 5.74) is 1.66. The van der Waals surface area contributed by atoms with Gasteiger partial charge in [0, 0.05) is 5.56 Å². The van der Waals surface area contributed by atoms with Crippen LogP contribution in [-0.2, 0) is 0 Å². The second kappa shape index (κ2) is 4.51. The number of phenolic OH excluding ortho intramolecular Hbond substituents is 1. The molecule has 0 unspecified atom stereocenters. The Morgan fingerprint density at radius 3 is 2.64 bits per heavy atom. The Balaban J connectivity index is 3.31. The van der Waals surface area contributed by atoms with Gasteiger partial charge in [-0.05, 0) is 24.6 Å². The molecule has 0 aromatic heterocycles. The van der Waals surface area contributed by atoms with Gasteiger partial charge in [0.1, 0.15) is 0 Å². The van der Waals surface area contributed by atoms with E-state index in [1.807, 2.05) is 25.1 Å². The number of phenols is 1. The molecule has 1 aromatic carbocycles. The predicted octanol–water partition coefficient (Wildman–Crippen LogP) is 3.08. The largest absolute Gasteiger partial charge is 0.504 e. The number of allylic oxidation sites excluding steroid dienone is 1. The van der Waals surface area contributed by atoms with Crippen LogP contribution in [0.15, 0.2) is 24.8 Å². The standard InChI is InChI=1S/C12H14O2/c1-4-6-9-7-10(5-2)12(13)11(8-9)14-3/h4-8,13H,2H2,1,3H3/b6-4+. The number of aromatic hydroxyl groups is 1. The first-order valence-corrected chi connectivity index (χ1v) is 4.39. The van der Waals surface area contributed by atoms with Gasteiger partial charge in [0.25, 0.3) is 0 Å². The zero-order valence-electron chi connectivity index (χ0n) is 8.45. The van der Waals surface area contributed by atoms with Crippen molar-refractivity contribution < 1.29 is 9.84 Å². The highest BCUT2D eigenvalue weighted by atomic mass is 16.5. The van der Waals surface area contributed by atoms with Crippen LogP contribution < -0.4 is 4.74 Å². The quantitative estimate of drug-likeness (QED) is 0.793. The van der Waals surface area contributed by atoms with Crippen LogP contribution in [0.4, 0.5) is 0 Å². The summed E-state index contributed by atoms with van der Waals surface area (Å²) in [4.78, 5) is 0. The molecule has 1 N–H and O–H groups in total. The van der Waals surface area contributed by atoms with Gasteiger partial charge in [0.05, 0.1) is 7.11 Å². The Morgan fingerprint density at radius 1 is 1.43 bits per heavy atom. The van der Waals surface area contributed by atoms with E-state index in [0.717, 1.165) is 5.56 Å². The fourth-order valence-electron chi connectivity index (χ4n) is 1.25. The first-order chi connectivity index (χ1) is 6.72. The van der Waals surface area contributed by atoms with Gasteiger partial charge in [0.15, 0.2) is 11.5 Å². The molecule has 0 spiro atoms. The molecule has 0 bridgehead atoms. The van der Waals surface area contributed by atoms with E-state index < -0.39 is 0 Å². The number of ether oxygens (including phenoxy) is 1. The molecule has 0 radical (unpaired) electrons. The Labute approximate surface area is 84.1 Å². The molecule has 2 nitrogen and oxygen atoms in total. The minimum atomic E-state index is 0.135. The lowest BCUT2D eigenvalue weighted by Gasteiger charge is -2.07. The molecule has 0 aliphatic rings. The van der Waals surface area contributed by atoms with E-state index in [4.69, 9.17) is 4.74 Å². The van der Waals surface area contributed by atoms with Crippen molar-refractivity contribution in [3.63, 3.8) is 0 Å². The maximum absolute atomic E-state index is 9.66. The van der Waals surface area contributed by atoms with Crippen molar-refractivity contribution >= 4 is 12.2 Å². The summed E-state index contributed by atoms with van der Waals surface area (Å²) in [5.74, 6) is 0.603. The average Bonchev–Trinajstić information content (AvgIpc) is 2.20. The molecule has 14 heavy (non-hydrogen) atoms. The summed E-state index contributed by atoms with van der Waals surface area (Å²) in [6.45, 7) is 5.57. The maximum Gasteiger partial charge on any atom is 0.165 e. The van der Waals surface area contributed by atoms with Crippen molar-refractivity contribution in [2.45, 2.75) is 6.92 Å². The minimum absolute atomic E-state index is 0.135. The molecule has 2 heteroatoms. The second-order valence-corrected chi connectivity index (χ2v) is 2.87. The summed E-state index contributed by atoms with van der Waals surface area (Å²) in [6.07, 6.45) is 5.47. The molecular formula is C12H14O2. The summed E-state index contributed by atoms with van der Waals surface area (Å²) in [5, 5.41) is 9.66. The minimum Gasteiger partial charge on any atom is -0.504 e. The van der Waals surface area contributed by atoms with Crippen molar-refractivity contribution in [2.24, 2.45) is 0 Å². The lowest BCUT2D eigenvalue weighted by atomic mass is 10.1. The van der Waals surface area contributed by atoms with Gasteiger partial charge in [-0.25, -0.2) is 0 Å². The molecule has 0 atom stereocenters. The topological polar surface area (TPSA) is 29.5 Å². The molecule has 0 aliphatic heterocycles. The molecule has 0 heterocycles. The van der Waals surface area contributed by atoms with E-state index in [1.54, 1.807) is 12.1 Å². The Kier molecular flexibility index (Phi) is 3.35. The molecule has 74 valence electrons. The van der Waals surface area contributed by atoms with Crippen LogP contribution >= 0.6 is 0 Å². The van der Waals surface area contributed by atoms with Crippen molar-refractivity contribution in [3.8, 4) is 11.5 Å². The second-order valence-electron chi connectivity index (χ2n) is 2.87. The van der Waals surface area contributed by atoms with Crippen LogP contribution in [0.1, 0.15) is 18.1 Å².